The Bertz CT molecular complexity index is 990. The SMILES string of the molecule is COCCc1c(-c2nc(-c3cccc(C(F)(F)F)c3)no2)cnn1C1CCCCC1. The molecule has 0 N–H and O–H groups in total. The summed E-state index contributed by atoms with van der Waals surface area (Å²) in [7, 11) is 1.64. The third-order valence-electron chi connectivity index (χ3n) is 5.47. The summed E-state index contributed by atoms with van der Waals surface area (Å²) in [6, 6.07) is 5.22. The van der Waals surface area contributed by atoms with Gasteiger partial charge in [-0.1, -0.05) is 36.6 Å². The van der Waals surface area contributed by atoms with Gasteiger partial charge in [0.1, 0.15) is 0 Å². The molecule has 9 heteroatoms. The summed E-state index contributed by atoms with van der Waals surface area (Å²) < 4.78 is 51.8. The molecular formula is C21H23F3N4O2. The van der Waals surface area contributed by atoms with Crippen molar-refractivity contribution in [1.29, 1.82) is 0 Å². The molecule has 160 valence electrons. The van der Waals surface area contributed by atoms with Gasteiger partial charge in [-0.3, -0.25) is 4.68 Å². The molecule has 4 rings (SSSR count). The zero-order chi connectivity index (χ0) is 21.1. The van der Waals surface area contributed by atoms with Gasteiger partial charge in [0.15, 0.2) is 0 Å². The van der Waals surface area contributed by atoms with Crippen molar-refractivity contribution in [2.75, 3.05) is 13.7 Å². The van der Waals surface area contributed by atoms with Crippen molar-refractivity contribution in [1.82, 2.24) is 19.9 Å². The maximum absolute atomic E-state index is 13.0. The standard InChI is InChI=1S/C21H23F3N4O2/c1-29-11-10-18-17(13-25-28(18)16-8-3-2-4-9-16)20-26-19(27-30-20)14-6-5-7-15(12-14)21(22,23)24/h5-7,12-13,16H,2-4,8-11H2,1H3. The highest BCUT2D eigenvalue weighted by molar-refractivity contribution is 5.61. The van der Waals surface area contributed by atoms with Crippen LogP contribution in [-0.4, -0.2) is 33.6 Å². The van der Waals surface area contributed by atoms with Crippen molar-refractivity contribution in [2.45, 2.75) is 50.7 Å². The molecule has 0 amide bonds. The first-order chi connectivity index (χ1) is 14.5. The number of halogens is 3. The van der Waals surface area contributed by atoms with Crippen molar-refractivity contribution >= 4 is 0 Å². The minimum Gasteiger partial charge on any atom is -0.384 e. The lowest BCUT2D eigenvalue weighted by atomic mass is 9.95. The molecule has 0 bridgehead atoms. The molecule has 0 radical (unpaired) electrons. The van der Waals surface area contributed by atoms with E-state index in [-0.39, 0.29) is 17.3 Å². The maximum Gasteiger partial charge on any atom is 0.416 e. The predicted octanol–water partition coefficient (Wildman–Crippen LogP) is 5.31. The molecule has 6 nitrogen and oxygen atoms in total. The van der Waals surface area contributed by atoms with Gasteiger partial charge in [0.05, 0.1) is 35.7 Å². The van der Waals surface area contributed by atoms with Crippen LogP contribution in [0.5, 0.6) is 0 Å². The number of benzene rings is 1. The monoisotopic (exact) mass is 420 g/mol. The van der Waals surface area contributed by atoms with Gasteiger partial charge < -0.3 is 9.26 Å². The molecule has 0 aliphatic heterocycles. The van der Waals surface area contributed by atoms with E-state index < -0.39 is 11.7 Å². The lowest BCUT2D eigenvalue weighted by molar-refractivity contribution is -0.137. The highest BCUT2D eigenvalue weighted by Crippen LogP contribution is 2.34. The molecule has 30 heavy (non-hydrogen) atoms. The van der Waals surface area contributed by atoms with Crippen LogP contribution >= 0.6 is 0 Å². The molecule has 1 aliphatic rings. The molecule has 1 aliphatic carbocycles. The van der Waals surface area contributed by atoms with Crippen LogP contribution in [0.4, 0.5) is 13.2 Å². The van der Waals surface area contributed by atoms with Crippen LogP contribution in [0.2, 0.25) is 0 Å². The number of rotatable bonds is 6. The fourth-order valence-electron chi connectivity index (χ4n) is 3.94. The van der Waals surface area contributed by atoms with Crippen molar-refractivity contribution in [3.05, 3.63) is 41.7 Å². The lowest BCUT2D eigenvalue weighted by Crippen LogP contribution is -2.17. The van der Waals surface area contributed by atoms with E-state index in [1.165, 1.54) is 31.4 Å². The second kappa shape index (κ2) is 8.59. The summed E-state index contributed by atoms with van der Waals surface area (Å²) in [5.74, 6) is 0.356. The first-order valence-electron chi connectivity index (χ1n) is 10.0. The Labute approximate surface area is 172 Å². The van der Waals surface area contributed by atoms with Gasteiger partial charge in [0, 0.05) is 19.1 Å². The molecule has 1 fully saturated rings. The van der Waals surface area contributed by atoms with Gasteiger partial charge >= 0.3 is 6.18 Å². The number of ether oxygens (including phenoxy) is 1. The van der Waals surface area contributed by atoms with Gasteiger partial charge in [0.2, 0.25) is 5.82 Å². The van der Waals surface area contributed by atoms with Gasteiger partial charge in [-0.05, 0) is 25.0 Å². The number of aromatic nitrogens is 4. The molecule has 1 aromatic carbocycles. The second-order valence-electron chi connectivity index (χ2n) is 7.49. The van der Waals surface area contributed by atoms with Crippen LogP contribution in [0, 0.1) is 0 Å². The number of methoxy groups -OCH3 is 1. The summed E-state index contributed by atoms with van der Waals surface area (Å²) >= 11 is 0. The van der Waals surface area contributed by atoms with Crippen LogP contribution in [0.1, 0.15) is 49.4 Å². The predicted molar refractivity (Wildman–Crippen MR) is 104 cm³/mol. The van der Waals surface area contributed by atoms with Crippen LogP contribution in [0.3, 0.4) is 0 Å². The van der Waals surface area contributed by atoms with Crippen molar-refractivity contribution in [3.63, 3.8) is 0 Å². The average Bonchev–Trinajstić information content (AvgIpc) is 3.39. The third kappa shape index (κ3) is 4.26. The average molecular weight is 420 g/mol. The Morgan fingerprint density at radius 1 is 1.20 bits per heavy atom. The molecular weight excluding hydrogens is 397 g/mol. The molecule has 3 aromatic rings. The molecule has 2 heterocycles. The molecule has 2 aromatic heterocycles. The maximum atomic E-state index is 13.0. The Hall–Kier alpha value is -2.68. The minimum atomic E-state index is -4.43. The summed E-state index contributed by atoms with van der Waals surface area (Å²) in [6.07, 6.45) is 3.61. The van der Waals surface area contributed by atoms with E-state index in [0.29, 0.717) is 24.6 Å². The van der Waals surface area contributed by atoms with Gasteiger partial charge in [-0.2, -0.15) is 23.3 Å². The quantitative estimate of drug-likeness (QED) is 0.540. The van der Waals surface area contributed by atoms with E-state index in [1.807, 2.05) is 4.68 Å². The fourth-order valence-corrected chi connectivity index (χ4v) is 3.94. The second-order valence-corrected chi connectivity index (χ2v) is 7.49. The number of nitrogens with zero attached hydrogens (tertiary/aromatic N) is 4. The van der Waals surface area contributed by atoms with Crippen molar-refractivity contribution in [3.8, 4) is 22.8 Å². The van der Waals surface area contributed by atoms with E-state index >= 15 is 0 Å². The van der Waals surface area contributed by atoms with Gasteiger partial charge in [0.25, 0.3) is 5.89 Å². The van der Waals surface area contributed by atoms with Crippen molar-refractivity contribution in [2.24, 2.45) is 0 Å². The Morgan fingerprint density at radius 3 is 2.73 bits per heavy atom. The van der Waals surface area contributed by atoms with E-state index in [9.17, 15) is 13.2 Å². The molecule has 1 saturated carbocycles. The minimum absolute atomic E-state index is 0.110. The molecule has 0 unspecified atom stereocenters. The van der Waals surface area contributed by atoms with Crippen LogP contribution < -0.4 is 0 Å². The molecule has 0 saturated heterocycles. The van der Waals surface area contributed by atoms with E-state index in [0.717, 1.165) is 30.7 Å². The summed E-state index contributed by atoms with van der Waals surface area (Å²) in [4.78, 5) is 4.36. The number of hydrogen-bond donors (Lipinski definition) is 0. The molecule has 0 spiro atoms. The zero-order valence-corrected chi connectivity index (χ0v) is 16.7. The first-order valence-corrected chi connectivity index (χ1v) is 10.0. The van der Waals surface area contributed by atoms with Crippen molar-refractivity contribution < 1.29 is 22.4 Å². The summed E-state index contributed by atoms with van der Waals surface area (Å²) in [6.45, 7) is 0.514. The number of hydrogen-bond acceptors (Lipinski definition) is 5. The third-order valence-corrected chi connectivity index (χ3v) is 5.47. The van der Waals surface area contributed by atoms with Crippen LogP contribution in [0.25, 0.3) is 22.8 Å². The lowest BCUT2D eigenvalue weighted by Gasteiger charge is -2.24. The molecule has 0 atom stereocenters. The topological polar surface area (TPSA) is 66.0 Å². The zero-order valence-electron chi connectivity index (χ0n) is 16.7. The van der Waals surface area contributed by atoms with E-state index in [1.54, 1.807) is 13.3 Å². The van der Waals surface area contributed by atoms with Crippen LogP contribution in [0.15, 0.2) is 35.0 Å². The highest BCUT2D eigenvalue weighted by atomic mass is 19.4. The fraction of sp³-hybridized carbons (Fsp3) is 0.476. The van der Waals surface area contributed by atoms with Crippen LogP contribution in [-0.2, 0) is 17.3 Å². The highest BCUT2D eigenvalue weighted by Gasteiger charge is 2.31. The Kier molecular flexibility index (Phi) is 5.90. The Morgan fingerprint density at radius 2 is 2.00 bits per heavy atom. The van der Waals surface area contributed by atoms with E-state index in [2.05, 4.69) is 15.2 Å². The first kappa shape index (κ1) is 20.6. The largest absolute Gasteiger partial charge is 0.416 e. The summed E-state index contributed by atoms with van der Waals surface area (Å²) in [5, 5.41) is 8.49. The normalized spacial score (nSPS) is 15.6. The number of alkyl halides is 3. The van der Waals surface area contributed by atoms with Gasteiger partial charge in [-0.15, -0.1) is 0 Å². The smallest absolute Gasteiger partial charge is 0.384 e. The van der Waals surface area contributed by atoms with Gasteiger partial charge in [-0.25, -0.2) is 0 Å². The Balaban J connectivity index is 1.67. The summed E-state index contributed by atoms with van der Waals surface area (Å²) in [5.41, 5.74) is 1.14. The van der Waals surface area contributed by atoms with E-state index in [4.69, 9.17) is 9.26 Å².